The minimum Gasteiger partial charge on any atom is -0.379 e. The largest absolute Gasteiger partial charge is 0.379 e. The van der Waals surface area contributed by atoms with Gasteiger partial charge in [-0.15, -0.1) is 0 Å². The maximum absolute atomic E-state index is 10.9. The van der Waals surface area contributed by atoms with Crippen LogP contribution >= 0.6 is 23.2 Å². The molecule has 92 valence electrons. The van der Waals surface area contributed by atoms with Crippen LogP contribution in [0.5, 0.6) is 0 Å². The molecule has 0 bridgehead atoms. The molecule has 0 saturated heterocycles. The van der Waals surface area contributed by atoms with Crippen molar-refractivity contribution in [1.29, 1.82) is 0 Å². The highest BCUT2D eigenvalue weighted by Crippen LogP contribution is 2.39. The van der Waals surface area contributed by atoms with Gasteiger partial charge in [0.25, 0.3) is 5.69 Å². The van der Waals surface area contributed by atoms with Crippen LogP contribution in [0.2, 0.25) is 10.0 Å². The molecule has 0 aliphatic heterocycles. The van der Waals surface area contributed by atoms with Crippen molar-refractivity contribution in [2.45, 2.75) is 13.3 Å². The van der Waals surface area contributed by atoms with Crippen molar-refractivity contribution < 1.29 is 4.92 Å². The Hall–Kier alpha value is -1.00. The SMILES string of the molecule is CC1CC1CNc1cc(Cl)c(Cl)cc1[N+](=O)[O-]. The second-order valence-electron chi connectivity index (χ2n) is 4.39. The van der Waals surface area contributed by atoms with Crippen molar-refractivity contribution >= 4 is 34.6 Å². The highest BCUT2D eigenvalue weighted by molar-refractivity contribution is 6.42. The van der Waals surface area contributed by atoms with Crippen LogP contribution in [0.15, 0.2) is 12.1 Å². The minimum absolute atomic E-state index is 0.0345. The van der Waals surface area contributed by atoms with Gasteiger partial charge < -0.3 is 5.32 Å². The van der Waals surface area contributed by atoms with E-state index < -0.39 is 4.92 Å². The average molecular weight is 275 g/mol. The number of nitro groups is 1. The Bertz CT molecular complexity index is 465. The monoisotopic (exact) mass is 274 g/mol. The van der Waals surface area contributed by atoms with Gasteiger partial charge in [0, 0.05) is 12.6 Å². The van der Waals surface area contributed by atoms with Gasteiger partial charge in [-0.05, 0) is 24.3 Å². The number of hydrogen-bond donors (Lipinski definition) is 1. The summed E-state index contributed by atoms with van der Waals surface area (Å²) in [5.74, 6) is 1.30. The molecule has 2 atom stereocenters. The maximum atomic E-state index is 10.9. The van der Waals surface area contributed by atoms with Crippen molar-refractivity contribution in [2.75, 3.05) is 11.9 Å². The number of nitrogens with zero attached hydrogens (tertiary/aromatic N) is 1. The van der Waals surface area contributed by atoms with E-state index >= 15 is 0 Å². The van der Waals surface area contributed by atoms with Crippen molar-refractivity contribution in [3.05, 3.63) is 32.3 Å². The van der Waals surface area contributed by atoms with Gasteiger partial charge in [-0.2, -0.15) is 0 Å². The molecule has 0 amide bonds. The smallest absolute Gasteiger partial charge is 0.293 e. The van der Waals surface area contributed by atoms with Gasteiger partial charge >= 0.3 is 0 Å². The van der Waals surface area contributed by atoms with Gasteiger partial charge in [0.05, 0.1) is 15.0 Å². The van der Waals surface area contributed by atoms with Crippen molar-refractivity contribution in [2.24, 2.45) is 11.8 Å². The molecule has 6 heteroatoms. The lowest BCUT2D eigenvalue weighted by molar-refractivity contribution is -0.383. The second-order valence-corrected chi connectivity index (χ2v) is 5.21. The summed E-state index contributed by atoms with van der Waals surface area (Å²) in [4.78, 5) is 10.4. The normalized spacial score (nSPS) is 22.3. The fourth-order valence-corrected chi connectivity index (χ4v) is 2.08. The molecular weight excluding hydrogens is 263 g/mol. The molecule has 2 rings (SSSR count). The summed E-state index contributed by atoms with van der Waals surface area (Å²) in [6, 6.07) is 2.79. The molecule has 1 aromatic rings. The molecule has 1 fully saturated rings. The molecule has 2 unspecified atom stereocenters. The fourth-order valence-electron chi connectivity index (χ4n) is 1.75. The molecule has 17 heavy (non-hydrogen) atoms. The third-order valence-corrected chi connectivity index (χ3v) is 3.79. The summed E-state index contributed by atoms with van der Waals surface area (Å²) >= 11 is 11.6. The summed E-state index contributed by atoms with van der Waals surface area (Å²) in [7, 11) is 0. The summed E-state index contributed by atoms with van der Waals surface area (Å²) < 4.78 is 0. The number of hydrogen-bond acceptors (Lipinski definition) is 3. The second kappa shape index (κ2) is 4.70. The van der Waals surface area contributed by atoms with Gasteiger partial charge in [-0.3, -0.25) is 10.1 Å². The van der Waals surface area contributed by atoms with Gasteiger partial charge in [0.15, 0.2) is 0 Å². The molecular formula is C11H12Cl2N2O2. The lowest BCUT2D eigenvalue weighted by atomic mass is 10.2. The van der Waals surface area contributed by atoms with E-state index in [-0.39, 0.29) is 10.7 Å². The minimum atomic E-state index is -0.457. The van der Waals surface area contributed by atoms with Gasteiger partial charge in [0.1, 0.15) is 5.69 Å². The first-order valence-corrected chi connectivity index (χ1v) is 6.12. The van der Waals surface area contributed by atoms with Gasteiger partial charge in [-0.25, -0.2) is 0 Å². The first-order valence-electron chi connectivity index (χ1n) is 5.36. The number of nitrogens with one attached hydrogen (secondary N) is 1. The first kappa shape index (κ1) is 12.5. The predicted octanol–water partition coefficient (Wildman–Crippen LogP) is 3.97. The van der Waals surface area contributed by atoms with Crippen molar-refractivity contribution in [3.8, 4) is 0 Å². The zero-order chi connectivity index (χ0) is 12.6. The maximum Gasteiger partial charge on any atom is 0.293 e. The van der Waals surface area contributed by atoms with Crippen LogP contribution in [-0.2, 0) is 0 Å². The third kappa shape index (κ3) is 2.82. The third-order valence-electron chi connectivity index (χ3n) is 3.07. The molecule has 0 heterocycles. The molecule has 1 aromatic carbocycles. The molecule has 0 aromatic heterocycles. The Morgan fingerprint density at radius 3 is 2.59 bits per heavy atom. The molecule has 1 N–H and O–H groups in total. The average Bonchev–Trinajstić information content (AvgIpc) is 2.95. The number of rotatable bonds is 4. The van der Waals surface area contributed by atoms with Crippen LogP contribution in [0.1, 0.15) is 13.3 Å². The fraction of sp³-hybridized carbons (Fsp3) is 0.455. The number of nitro benzene ring substituents is 1. The topological polar surface area (TPSA) is 55.2 Å². The molecule has 1 saturated carbocycles. The lowest BCUT2D eigenvalue weighted by Gasteiger charge is -2.07. The van der Waals surface area contributed by atoms with E-state index in [0.717, 1.165) is 6.54 Å². The molecule has 1 aliphatic carbocycles. The first-order chi connectivity index (χ1) is 7.99. The Kier molecular flexibility index (Phi) is 3.45. The zero-order valence-corrected chi connectivity index (χ0v) is 10.8. The highest BCUT2D eigenvalue weighted by Gasteiger charge is 2.32. The van der Waals surface area contributed by atoms with Gasteiger partial charge in [0.2, 0.25) is 0 Å². The lowest BCUT2D eigenvalue weighted by Crippen LogP contribution is -2.06. The van der Waals surface area contributed by atoms with E-state index in [1.165, 1.54) is 18.6 Å². The Morgan fingerprint density at radius 1 is 1.47 bits per heavy atom. The van der Waals surface area contributed by atoms with E-state index in [1.807, 2.05) is 0 Å². The summed E-state index contributed by atoms with van der Waals surface area (Å²) in [5, 5.41) is 14.5. The van der Waals surface area contributed by atoms with Crippen LogP contribution < -0.4 is 5.32 Å². The van der Waals surface area contributed by atoms with E-state index in [1.54, 1.807) is 0 Å². The predicted molar refractivity (Wildman–Crippen MR) is 68.9 cm³/mol. The van der Waals surface area contributed by atoms with Crippen LogP contribution in [0.3, 0.4) is 0 Å². The quantitative estimate of drug-likeness (QED) is 0.668. The summed E-state index contributed by atoms with van der Waals surface area (Å²) in [6.45, 7) is 2.90. The zero-order valence-electron chi connectivity index (χ0n) is 9.24. The van der Waals surface area contributed by atoms with E-state index in [9.17, 15) is 10.1 Å². The number of benzene rings is 1. The van der Waals surface area contributed by atoms with Crippen LogP contribution in [0.4, 0.5) is 11.4 Å². The Labute approximate surface area is 109 Å². The molecule has 0 spiro atoms. The van der Waals surface area contributed by atoms with Crippen molar-refractivity contribution in [1.82, 2.24) is 0 Å². The molecule has 1 aliphatic rings. The van der Waals surface area contributed by atoms with Gasteiger partial charge in [-0.1, -0.05) is 30.1 Å². The van der Waals surface area contributed by atoms with E-state index in [2.05, 4.69) is 12.2 Å². The van der Waals surface area contributed by atoms with E-state index in [4.69, 9.17) is 23.2 Å². The Morgan fingerprint density at radius 2 is 2.06 bits per heavy atom. The Balaban J connectivity index is 2.18. The molecule has 0 radical (unpaired) electrons. The molecule has 4 nitrogen and oxygen atoms in total. The summed E-state index contributed by atoms with van der Waals surface area (Å²) in [5.41, 5.74) is 0.399. The van der Waals surface area contributed by atoms with E-state index in [0.29, 0.717) is 22.5 Å². The van der Waals surface area contributed by atoms with Crippen molar-refractivity contribution in [3.63, 3.8) is 0 Å². The number of anilines is 1. The van der Waals surface area contributed by atoms with Crippen LogP contribution in [-0.4, -0.2) is 11.5 Å². The highest BCUT2D eigenvalue weighted by atomic mass is 35.5. The number of halogens is 2. The van der Waals surface area contributed by atoms with Crippen LogP contribution in [0, 0.1) is 22.0 Å². The van der Waals surface area contributed by atoms with Crippen LogP contribution in [0.25, 0.3) is 0 Å². The summed E-state index contributed by atoms with van der Waals surface area (Å²) in [6.07, 6.45) is 1.17. The standard InChI is InChI=1S/C11H12Cl2N2O2/c1-6-2-7(6)5-14-10-3-8(12)9(13)4-11(10)15(16)17/h3-4,6-7,14H,2,5H2,1H3.